The van der Waals surface area contributed by atoms with Gasteiger partial charge in [0.25, 0.3) is 0 Å². The van der Waals surface area contributed by atoms with E-state index in [0.717, 1.165) is 12.8 Å². The van der Waals surface area contributed by atoms with Crippen LogP contribution in [0.3, 0.4) is 0 Å². The van der Waals surface area contributed by atoms with E-state index in [9.17, 15) is 14.7 Å². The minimum atomic E-state index is -0.589. The van der Waals surface area contributed by atoms with Crippen LogP contribution in [0.15, 0.2) is 0 Å². The fourth-order valence-electron chi connectivity index (χ4n) is 3.41. The molecule has 1 aliphatic heterocycles. The molecule has 6 nitrogen and oxygen atoms in total. The summed E-state index contributed by atoms with van der Waals surface area (Å²) in [7, 11) is 1.32. The maximum Gasteiger partial charge on any atom is 0.410 e. The van der Waals surface area contributed by atoms with E-state index in [1.54, 1.807) is 6.92 Å². The quantitative estimate of drug-likeness (QED) is 0.771. The minimum Gasteiger partial charge on any atom is -0.464 e. The third kappa shape index (κ3) is 3.06. The second kappa shape index (κ2) is 6.43. The highest BCUT2D eigenvalue weighted by Crippen LogP contribution is 2.39. The largest absolute Gasteiger partial charge is 0.464 e. The Morgan fingerprint density at radius 3 is 2.65 bits per heavy atom. The van der Waals surface area contributed by atoms with E-state index in [2.05, 4.69) is 0 Å². The van der Waals surface area contributed by atoms with Gasteiger partial charge < -0.3 is 14.6 Å². The smallest absolute Gasteiger partial charge is 0.410 e. The maximum atomic E-state index is 12.1. The summed E-state index contributed by atoms with van der Waals surface area (Å²) >= 11 is 0. The maximum absolute atomic E-state index is 12.1. The fraction of sp³-hybridized carbons (Fsp3) is 0.857. The minimum absolute atomic E-state index is 0.272. The van der Waals surface area contributed by atoms with Crippen LogP contribution in [0.25, 0.3) is 0 Å². The first-order chi connectivity index (χ1) is 9.56. The van der Waals surface area contributed by atoms with Crippen molar-refractivity contribution in [1.29, 1.82) is 0 Å². The Bertz CT molecular complexity index is 373. The summed E-state index contributed by atoms with van der Waals surface area (Å²) in [4.78, 5) is 25.4. The van der Waals surface area contributed by atoms with Crippen LogP contribution in [0.5, 0.6) is 0 Å². The third-order valence-corrected chi connectivity index (χ3v) is 4.41. The molecule has 0 spiro atoms. The van der Waals surface area contributed by atoms with Gasteiger partial charge >= 0.3 is 12.1 Å². The molecule has 4 atom stereocenters. The number of nitrogens with zero attached hydrogens (tertiary/aromatic N) is 1. The summed E-state index contributed by atoms with van der Waals surface area (Å²) in [6.07, 6.45) is 2.14. The summed E-state index contributed by atoms with van der Waals surface area (Å²) in [5, 5.41) is 9.78. The number of carbonyl (C=O) groups excluding carboxylic acids is 2. The number of piperidine rings is 1. The van der Waals surface area contributed by atoms with Crippen LogP contribution in [0.2, 0.25) is 0 Å². The summed E-state index contributed by atoms with van der Waals surface area (Å²) in [6.45, 7) is 2.55. The molecule has 2 fully saturated rings. The first kappa shape index (κ1) is 15.1. The van der Waals surface area contributed by atoms with Crippen molar-refractivity contribution in [2.24, 2.45) is 11.8 Å². The predicted molar refractivity (Wildman–Crippen MR) is 71.0 cm³/mol. The van der Waals surface area contributed by atoms with Gasteiger partial charge in [-0.3, -0.25) is 4.90 Å². The first-order valence-corrected chi connectivity index (χ1v) is 7.26. The van der Waals surface area contributed by atoms with Gasteiger partial charge in [-0.1, -0.05) is 0 Å². The average Bonchev–Trinajstić information content (AvgIpc) is 2.45. The van der Waals surface area contributed by atoms with Gasteiger partial charge in [0, 0.05) is 6.54 Å². The van der Waals surface area contributed by atoms with Gasteiger partial charge in [0.15, 0.2) is 0 Å². The third-order valence-electron chi connectivity index (χ3n) is 4.41. The number of hydrogen-bond acceptors (Lipinski definition) is 5. The van der Waals surface area contributed by atoms with Crippen LogP contribution >= 0.6 is 0 Å². The van der Waals surface area contributed by atoms with E-state index in [-0.39, 0.29) is 18.0 Å². The van der Waals surface area contributed by atoms with Crippen molar-refractivity contribution in [3.63, 3.8) is 0 Å². The van der Waals surface area contributed by atoms with Crippen LogP contribution in [0.1, 0.15) is 32.6 Å². The summed E-state index contributed by atoms with van der Waals surface area (Å²) in [5.41, 5.74) is 0. The van der Waals surface area contributed by atoms with Gasteiger partial charge in [0.2, 0.25) is 0 Å². The Labute approximate surface area is 119 Å². The molecule has 0 aromatic rings. The van der Waals surface area contributed by atoms with E-state index in [0.29, 0.717) is 31.9 Å². The van der Waals surface area contributed by atoms with E-state index < -0.39 is 12.1 Å². The Morgan fingerprint density at radius 1 is 1.25 bits per heavy atom. The van der Waals surface area contributed by atoms with Crippen molar-refractivity contribution in [2.75, 3.05) is 20.3 Å². The predicted octanol–water partition coefficient (Wildman–Crippen LogP) is 1.17. The number of hydrogen-bond donors (Lipinski definition) is 1. The topological polar surface area (TPSA) is 76.1 Å². The molecular weight excluding hydrogens is 262 g/mol. The molecule has 1 saturated carbocycles. The number of ether oxygens (including phenoxy) is 2. The SMILES string of the molecule is CCOC(=O)[C@H]1C[C@H]2C[C@@H](O)CC[C@@H]2CN1C(=O)OC. The second-order valence-electron chi connectivity index (χ2n) is 5.61. The van der Waals surface area contributed by atoms with Crippen molar-refractivity contribution >= 4 is 12.1 Å². The van der Waals surface area contributed by atoms with Crippen LogP contribution in [-0.4, -0.2) is 54.5 Å². The Balaban J connectivity index is 2.13. The monoisotopic (exact) mass is 285 g/mol. The van der Waals surface area contributed by atoms with Crippen molar-refractivity contribution in [3.05, 3.63) is 0 Å². The Morgan fingerprint density at radius 2 is 2.00 bits per heavy atom. The molecule has 114 valence electrons. The van der Waals surface area contributed by atoms with Crippen molar-refractivity contribution < 1.29 is 24.2 Å². The van der Waals surface area contributed by atoms with E-state index in [1.165, 1.54) is 12.0 Å². The zero-order chi connectivity index (χ0) is 14.7. The number of esters is 1. The second-order valence-corrected chi connectivity index (χ2v) is 5.61. The fourth-order valence-corrected chi connectivity index (χ4v) is 3.41. The van der Waals surface area contributed by atoms with E-state index in [1.807, 2.05) is 0 Å². The number of fused-ring (bicyclic) bond motifs is 1. The zero-order valence-corrected chi connectivity index (χ0v) is 12.1. The van der Waals surface area contributed by atoms with Crippen LogP contribution in [0.4, 0.5) is 4.79 Å². The molecule has 6 heteroatoms. The molecule has 1 heterocycles. The number of likely N-dealkylation sites (tertiary alicyclic amines) is 1. The highest BCUT2D eigenvalue weighted by molar-refractivity contribution is 5.81. The van der Waals surface area contributed by atoms with Crippen LogP contribution in [-0.2, 0) is 14.3 Å². The molecule has 2 rings (SSSR count). The summed E-state index contributed by atoms with van der Waals surface area (Å²) in [6, 6.07) is -0.589. The summed E-state index contributed by atoms with van der Waals surface area (Å²) < 4.78 is 9.84. The summed E-state index contributed by atoms with van der Waals surface area (Å²) in [5.74, 6) is 0.230. The van der Waals surface area contributed by atoms with Gasteiger partial charge in [-0.25, -0.2) is 9.59 Å². The Kier molecular flexibility index (Phi) is 4.86. The standard InChI is InChI=1S/C14H23NO5/c1-3-20-13(17)12-7-10-6-11(16)5-4-9(10)8-15(12)14(18)19-2/h9-12,16H,3-8H2,1-2H3/t9-,10-,11+,12-/m1/s1. The lowest BCUT2D eigenvalue weighted by Crippen LogP contribution is -2.55. The lowest BCUT2D eigenvalue weighted by atomic mass is 9.72. The lowest BCUT2D eigenvalue weighted by molar-refractivity contribution is -0.152. The van der Waals surface area contributed by atoms with Gasteiger partial charge in [-0.05, 0) is 44.4 Å². The van der Waals surface area contributed by atoms with Gasteiger partial charge in [-0.2, -0.15) is 0 Å². The molecule has 0 aromatic carbocycles. The number of carbonyl (C=O) groups is 2. The van der Waals surface area contributed by atoms with E-state index in [4.69, 9.17) is 9.47 Å². The van der Waals surface area contributed by atoms with E-state index >= 15 is 0 Å². The zero-order valence-electron chi connectivity index (χ0n) is 12.1. The van der Waals surface area contributed by atoms with Crippen molar-refractivity contribution in [3.8, 4) is 0 Å². The molecule has 2 aliphatic rings. The highest BCUT2D eigenvalue weighted by Gasteiger charge is 2.44. The number of amides is 1. The number of aliphatic hydroxyl groups excluding tert-OH is 1. The van der Waals surface area contributed by atoms with Crippen LogP contribution < -0.4 is 0 Å². The molecule has 0 unspecified atom stereocenters. The molecule has 0 aromatic heterocycles. The Hall–Kier alpha value is -1.30. The molecule has 1 amide bonds. The normalized spacial score (nSPS) is 33.2. The van der Waals surface area contributed by atoms with Crippen molar-refractivity contribution in [2.45, 2.75) is 44.8 Å². The molecule has 20 heavy (non-hydrogen) atoms. The number of rotatable bonds is 2. The highest BCUT2D eigenvalue weighted by atomic mass is 16.6. The molecule has 1 aliphatic carbocycles. The first-order valence-electron chi connectivity index (χ1n) is 7.26. The average molecular weight is 285 g/mol. The molecule has 0 bridgehead atoms. The van der Waals surface area contributed by atoms with Gasteiger partial charge in [0.05, 0.1) is 19.8 Å². The molecule has 1 N–H and O–H groups in total. The lowest BCUT2D eigenvalue weighted by Gasteiger charge is -2.45. The van der Waals surface area contributed by atoms with Crippen LogP contribution in [0, 0.1) is 11.8 Å². The number of aliphatic hydroxyl groups is 1. The molecular formula is C14H23NO5. The van der Waals surface area contributed by atoms with Crippen molar-refractivity contribution in [1.82, 2.24) is 4.90 Å². The molecule has 0 radical (unpaired) electrons. The molecule has 1 saturated heterocycles. The van der Waals surface area contributed by atoms with Gasteiger partial charge in [-0.15, -0.1) is 0 Å². The van der Waals surface area contributed by atoms with Gasteiger partial charge in [0.1, 0.15) is 6.04 Å². The number of methoxy groups -OCH3 is 1.